The van der Waals surface area contributed by atoms with E-state index in [1.807, 2.05) is 253 Å². The highest BCUT2D eigenvalue weighted by atomic mass is 35.5. The van der Waals surface area contributed by atoms with E-state index in [1.54, 1.807) is 34.8 Å². The second-order valence-electron chi connectivity index (χ2n) is 19.3. The van der Waals surface area contributed by atoms with Gasteiger partial charge in [0.15, 0.2) is 0 Å². The molecule has 0 fully saturated rings. The Morgan fingerprint density at radius 3 is 1.04 bits per heavy atom. The number of hydrogen-bond acceptors (Lipinski definition) is 6. The molecule has 9 heteroatoms. The fraction of sp³-hybridized carbons (Fsp3) is 0.0270. The van der Waals surface area contributed by atoms with Crippen molar-refractivity contribution in [3.8, 4) is 0 Å². The Kier molecular flexibility index (Phi) is 14.4. The van der Waals surface area contributed by atoms with E-state index in [0.717, 1.165) is 104 Å². The molecule has 14 aromatic rings. The highest BCUT2D eigenvalue weighted by molar-refractivity contribution is 7.19. The zero-order valence-corrected chi connectivity index (χ0v) is 48.4. The summed E-state index contributed by atoms with van der Waals surface area (Å²) in [5, 5.41) is 14.0. The third-order valence-electron chi connectivity index (χ3n) is 14.1. The summed E-state index contributed by atoms with van der Waals surface area (Å²) in [5.74, 6) is 0. The highest BCUT2D eigenvalue weighted by Gasteiger charge is 2.25. The van der Waals surface area contributed by atoms with Crippen LogP contribution in [0.25, 0.3) is 41.7 Å². The van der Waals surface area contributed by atoms with Crippen LogP contribution in [0.1, 0.15) is 19.4 Å². The lowest BCUT2D eigenvalue weighted by Crippen LogP contribution is -2.14. The fourth-order valence-corrected chi connectivity index (χ4v) is 13.1. The van der Waals surface area contributed by atoms with Crippen LogP contribution in [0.2, 0.25) is 15.1 Å². The monoisotopic (exact) mass is 1170 g/mol. The van der Waals surface area contributed by atoms with E-state index in [1.165, 1.54) is 0 Å². The van der Waals surface area contributed by atoms with Crippen LogP contribution in [0, 0.1) is 13.7 Å². The summed E-state index contributed by atoms with van der Waals surface area (Å²) >= 11 is 23.6. The Morgan fingerprint density at radius 1 is 0.313 bits per heavy atom. The minimum atomic E-state index is -2.27. The molecule has 0 aliphatic heterocycles. The molecule has 1 N–H and O–H groups in total. The Bertz CT molecular complexity index is 4650. The molecular formula is C74H55Cl3N4S2. The summed E-state index contributed by atoms with van der Waals surface area (Å²) in [4.78, 5) is 6.32. The molecule has 0 saturated heterocycles. The van der Waals surface area contributed by atoms with Crippen LogP contribution in [0.4, 0.5) is 62.6 Å². The Morgan fingerprint density at radius 2 is 0.639 bits per heavy atom. The maximum absolute atomic E-state index is 8.36. The van der Waals surface area contributed by atoms with Gasteiger partial charge in [-0.05, 0) is 156 Å². The van der Waals surface area contributed by atoms with Crippen molar-refractivity contribution in [2.75, 3.05) is 20.0 Å². The van der Waals surface area contributed by atoms with Crippen molar-refractivity contribution in [1.29, 1.82) is 0 Å². The topological polar surface area (TPSA) is 21.8 Å². The van der Waals surface area contributed by atoms with Crippen molar-refractivity contribution < 1.29 is 8.22 Å². The molecule has 0 spiro atoms. The smallest absolute Gasteiger partial charge is 0.0887 e. The number of hydrogen-bond donors (Lipinski definition) is 1. The first-order valence-corrected chi connectivity index (χ1v) is 29.7. The van der Waals surface area contributed by atoms with Crippen LogP contribution in [0.15, 0.2) is 290 Å². The van der Waals surface area contributed by atoms with Crippen LogP contribution in [-0.2, 0) is 0 Å². The van der Waals surface area contributed by atoms with Gasteiger partial charge in [-0.3, -0.25) is 0 Å². The first kappa shape index (κ1) is 47.8. The van der Waals surface area contributed by atoms with Gasteiger partial charge in [0.1, 0.15) is 0 Å². The molecule has 0 aliphatic rings. The second kappa shape index (κ2) is 25.1. The van der Waals surface area contributed by atoms with Gasteiger partial charge >= 0.3 is 0 Å². The van der Waals surface area contributed by atoms with Crippen molar-refractivity contribution in [3.05, 3.63) is 316 Å². The van der Waals surface area contributed by atoms with Crippen LogP contribution in [-0.4, -0.2) is 0 Å². The van der Waals surface area contributed by atoms with Crippen molar-refractivity contribution in [1.82, 2.24) is 0 Å². The number of rotatable bonds is 11. The standard InChI is InChI=1S/C37H27ClN2S.C25H17Cl2NS.C12H11N/c1-26-24-32-35(25-41-37(32)31-21-12-11-20-30(26)31)40(29-18-9-4-10-19-29)34-23-13-22-33(36(34)38)39(27-14-5-2-6-15-27)28-16-7-3-8-17-28;1-16-14-20-23(15-29-25(20)19-11-6-5-10-18(16)19)28(17-8-3-2-4-9-17)22-13-7-12-21(26)24(22)27;1-3-7-11(8-4-1)13-12-9-5-2-6-10-12/h2-25H,1H3;2-15H,1H3;1-10,13H/i2*1D3;. The van der Waals surface area contributed by atoms with Crippen molar-refractivity contribution in [2.24, 2.45) is 0 Å². The maximum Gasteiger partial charge on any atom is 0.0887 e. The summed E-state index contributed by atoms with van der Waals surface area (Å²) in [7, 11) is 0. The van der Waals surface area contributed by atoms with Crippen molar-refractivity contribution in [2.45, 2.75) is 13.7 Å². The summed E-state index contributed by atoms with van der Waals surface area (Å²) in [6.07, 6.45) is 0. The van der Waals surface area contributed by atoms with E-state index in [9.17, 15) is 0 Å². The van der Waals surface area contributed by atoms with Gasteiger partial charge in [-0.1, -0.05) is 205 Å². The lowest BCUT2D eigenvalue weighted by Gasteiger charge is -2.30. The Balaban J connectivity index is 0.000000148. The predicted octanol–water partition coefficient (Wildman–Crippen LogP) is 24.5. The van der Waals surface area contributed by atoms with Gasteiger partial charge < -0.3 is 20.0 Å². The number of para-hydroxylation sites is 6. The zero-order chi connectivity index (χ0) is 61.7. The summed E-state index contributed by atoms with van der Waals surface area (Å²) in [6, 6.07) is 91.2. The molecule has 2 heterocycles. The molecule has 83 heavy (non-hydrogen) atoms. The molecule has 2 aromatic heterocycles. The van der Waals surface area contributed by atoms with E-state index < -0.39 is 13.7 Å². The average Bonchev–Trinajstić information content (AvgIpc) is 1.77. The van der Waals surface area contributed by atoms with Crippen LogP contribution >= 0.6 is 57.5 Å². The minimum absolute atomic E-state index is 0.338. The van der Waals surface area contributed by atoms with E-state index in [0.29, 0.717) is 26.2 Å². The number of benzene rings is 12. The van der Waals surface area contributed by atoms with Crippen molar-refractivity contribution in [3.63, 3.8) is 0 Å². The molecule has 0 unspecified atom stereocenters. The summed E-state index contributed by atoms with van der Waals surface area (Å²) in [5.41, 5.74) is 10.8. The van der Waals surface area contributed by atoms with E-state index in [2.05, 4.69) is 44.8 Å². The number of fused-ring (bicyclic) bond motifs is 6. The SMILES string of the molecule is [2H]C([2H])([2H])c1cc2c(N(c3ccccc3)c3cccc(Cl)c3Cl)csc2c2ccccc12.[2H]C([2H])([2H])c1cc2c(N(c3ccccc3)c3cccc(N(c4ccccc4)c4ccccc4)c3Cl)csc2c2ccccc12.c1ccc(Nc2ccccc2)cc1. The third kappa shape index (κ3) is 11.5. The average molecular weight is 1180 g/mol. The highest BCUT2D eigenvalue weighted by Crippen LogP contribution is 2.51. The van der Waals surface area contributed by atoms with Gasteiger partial charge in [-0.15, -0.1) is 22.7 Å². The van der Waals surface area contributed by atoms with Crippen LogP contribution in [0.3, 0.4) is 0 Å². The van der Waals surface area contributed by atoms with Crippen LogP contribution < -0.4 is 20.0 Å². The predicted molar refractivity (Wildman–Crippen MR) is 363 cm³/mol. The molecule has 0 bridgehead atoms. The molecular weight excluding hydrogens is 1120 g/mol. The first-order valence-electron chi connectivity index (χ1n) is 29.8. The number of anilines is 11. The fourth-order valence-electron chi connectivity index (χ4n) is 10.3. The summed E-state index contributed by atoms with van der Waals surface area (Å²) in [6.45, 7) is -4.51. The van der Waals surface area contributed by atoms with E-state index >= 15 is 0 Å². The molecule has 4 nitrogen and oxygen atoms in total. The Hall–Kier alpha value is -8.85. The number of aryl methyl sites for hydroxylation is 2. The third-order valence-corrected chi connectivity index (χ3v) is 17.3. The number of thiophene rings is 2. The van der Waals surface area contributed by atoms with Crippen molar-refractivity contribution >= 4 is 162 Å². The molecule has 0 saturated carbocycles. The number of nitrogens with one attached hydrogen (secondary N) is 1. The lowest BCUT2D eigenvalue weighted by atomic mass is 10.0. The largest absolute Gasteiger partial charge is 0.356 e. The zero-order valence-electron chi connectivity index (χ0n) is 50.5. The van der Waals surface area contributed by atoms with E-state index in [-0.39, 0.29) is 0 Å². The van der Waals surface area contributed by atoms with Gasteiger partial charge in [0.05, 0.1) is 43.5 Å². The van der Waals surface area contributed by atoms with Gasteiger partial charge in [0.25, 0.3) is 0 Å². The molecule has 0 aliphatic carbocycles. The van der Waals surface area contributed by atoms with Gasteiger partial charge in [-0.2, -0.15) is 0 Å². The number of nitrogens with zero attached hydrogens (tertiary/aromatic N) is 3. The normalized spacial score (nSPS) is 12.3. The Labute approximate surface area is 516 Å². The molecule has 12 aromatic carbocycles. The quantitative estimate of drug-likeness (QED) is 0.139. The van der Waals surface area contributed by atoms with Crippen LogP contribution in [0.5, 0.6) is 0 Å². The summed E-state index contributed by atoms with van der Waals surface area (Å²) < 4.78 is 51.5. The lowest BCUT2D eigenvalue weighted by molar-refractivity contribution is 1.26. The molecule has 0 atom stereocenters. The molecule has 404 valence electrons. The van der Waals surface area contributed by atoms with Gasteiger partial charge in [-0.25, -0.2) is 0 Å². The minimum Gasteiger partial charge on any atom is -0.356 e. The maximum atomic E-state index is 8.36. The second-order valence-corrected chi connectivity index (χ2v) is 22.2. The van der Waals surface area contributed by atoms with E-state index in [4.69, 9.17) is 43.0 Å². The number of halogens is 3. The van der Waals surface area contributed by atoms with Gasteiger partial charge in [0, 0.05) is 73.3 Å². The molecule has 0 radical (unpaired) electrons. The van der Waals surface area contributed by atoms with Gasteiger partial charge in [0.2, 0.25) is 0 Å². The molecule has 14 rings (SSSR count). The molecule has 0 amide bonds. The first-order chi connectivity index (χ1) is 43.2.